The molecule has 1 saturated heterocycles. The molecular formula is C5H11N5O. The number of guanidine groups is 1. The molecule has 0 bridgehead atoms. The molecule has 0 aromatic heterocycles. The van der Waals surface area contributed by atoms with Gasteiger partial charge in [-0.25, -0.2) is 4.99 Å². The third kappa shape index (κ3) is 1.05. The van der Waals surface area contributed by atoms with Crippen molar-refractivity contribution >= 4 is 5.96 Å². The van der Waals surface area contributed by atoms with Crippen LogP contribution in [-0.4, -0.2) is 36.2 Å². The maximum Gasteiger partial charge on any atom is 0.192 e. The Balaban J connectivity index is 2.16. The summed E-state index contributed by atoms with van der Waals surface area (Å²) in [5.41, 5.74) is 5.39. The van der Waals surface area contributed by atoms with Crippen molar-refractivity contribution in [1.82, 2.24) is 16.0 Å². The Hall–Kier alpha value is -0.850. The summed E-state index contributed by atoms with van der Waals surface area (Å²) in [6, 6.07) is -0.0673. The summed E-state index contributed by atoms with van der Waals surface area (Å²) in [7, 11) is 0. The Labute approximate surface area is 63.9 Å². The first-order valence-corrected chi connectivity index (χ1v) is 3.52. The summed E-state index contributed by atoms with van der Waals surface area (Å²) in [6.45, 7) is 0.669. The molecule has 1 fully saturated rings. The highest BCUT2D eigenvalue weighted by Crippen LogP contribution is 2.07. The van der Waals surface area contributed by atoms with Gasteiger partial charge in [0.2, 0.25) is 0 Å². The second-order valence-electron chi connectivity index (χ2n) is 2.66. The van der Waals surface area contributed by atoms with Gasteiger partial charge in [-0.2, -0.15) is 0 Å². The van der Waals surface area contributed by atoms with Crippen molar-refractivity contribution in [1.29, 1.82) is 0 Å². The van der Waals surface area contributed by atoms with Crippen molar-refractivity contribution in [2.45, 2.75) is 18.4 Å². The number of aliphatic imine (C=N–C) groups is 1. The predicted octanol–water partition coefficient (Wildman–Crippen LogP) is -2.93. The van der Waals surface area contributed by atoms with Crippen LogP contribution in [0, 0.1) is 0 Å². The molecule has 6 N–H and O–H groups in total. The first-order chi connectivity index (χ1) is 5.27. The van der Waals surface area contributed by atoms with E-state index in [4.69, 9.17) is 5.73 Å². The minimum atomic E-state index is -0.740. The summed E-state index contributed by atoms with van der Waals surface area (Å²) in [5, 5.41) is 18.4. The molecule has 0 aromatic carbocycles. The van der Waals surface area contributed by atoms with E-state index in [2.05, 4.69) is 20.9 Å². The zero-order chi connectivity index (χ0) is 7.84. The van der Waals surface area contributed by atoms with Gasteiger partial charge in [-0.3, -0.25) is 10.6 Å². The zero-order valence-corrected chi connectivity index (χ0v) is 5.91. The number of aliphatic hydroxyl groups is 1. The molecule has 2 rings (SSSR count). The van der Waals surface area contributed by atoms with Crippen molar-refractivity contribution in [3.8, 4) is 0 Å². The van der Waals surface area contributed by atoms with Gasteiger partial charge in [0.1, 0.15) is 6.17 Å². The SMILES string of the molecule is NC1=NC(O)C2NCNC2N1. The lowest BCUT2D eigenvalue weighted by Gasteiger charge is -2.27. The van der Waals surface area contributed by atoms with Gasteiger partial charge in [0.15, 0.2) is 12.2 Å². The van der Waals surface area contributed by atoms with Gasteiger partial charge in [0.05, 0.1) is 6.04 Å². The summed E-state index contributed by atoms with van der Waals surface area (Å²) >= 11 is 0. The van der Waals surface area contributed by atoms with E-state index >= 15 is 0 Å². The Kier molecular flexibility index (Phi) is 1.45. The quantitative estimate of drug-likeness (QED) is 0.259. The highest BCUT2D eigenvalue weighted by atomic mass is 16.3. The average Bonchev–Trinajstić information content (AvgIpc) is 2.34. The van der Waals surface area contributed by atoms with Gasteiger partial charge >= 0.3 is 0 Å². The predicted molar refractivity (Wildman–Crippen MR) is 39.5 cm³/mol. The molecule has 0 aromatic rings. The number of hydrogen-bond acceptors (Lipinski definition) is 6. The van der Waals surface area contributed by atoms with Crippen molar-refractivity contribution in [2.24, 2.45) is 10.7 Å². The summed E-state index contributed by atoms with van der Waals surface area (Å²) < 4.78 is 0. The van der Waals surface area contributed by atoms with Crippen molar-refractivity contribution in [3.63, 3.8) is 0 Å². The van der Waals surface area contributed by atoms with E-state index < -0.39 is 6.23 Å². The molecule has 0 aliphatic carbocycles. The van der Waals surface area contributed by atoms with Crippen LogP contribution in [0.3, 0.4) is 0 Å². The monoisotopic (exact) mass is 157 g/mol. The molecule has 0 radical (unpaired) electrons. The molecule has 3 unspecified atom stereocenters. The summed E-state index contributed by atoms with van der Waals surface area (Å²) in [4.78, 5) is 3.76. The van der Waals surface area contributed by atoms with Crippen LogP contribution in [0.2, 0.25) is 0 Å². The summed E-state index contributed by atoms with van der Waals surface area (Å²) in [6.07, 6.45) is -0.737. The number of rotatable bonds is 0. The average molecular weight is 157 g/mol. The molecule has 6 nitrogen and oxygen atoms in total. The smallest absolute Gasteiger partial charge is 0.192 e. The fourth-order valence-corrected chi connectivity index (χ4v) is 1.37. The van der Waals surface area contributed by atoms with Crippen LogP contribution in [0.15, 0.2) is 4.99 Å². The maximum absolute atomic E-state index is 9.34. The van der Waals surface area contributed by atoms with E-state index in [0.29, 0.717) is 6.67 Å². The second kappa shape index (κ2) is 2.33. The topological polar surface area (TPSA) is 94.7 Å². The van der Waals surface area contributed by atoms with Gasteiger partial charge in [-0.15, -0.1) is 0 Å². The fraction of sp³-hybridized carbons (Fsp3) is 0.800. The first kappa shape index (κ1) is 6.84. The van der Waals surface area contributed by atoms with Crippen LogP contribution in [0.4, 0.5) is 0 Å². The summed E-state index contributed by atoms with van der Waals surface area (Å²) in [5.74, 6) is 0.287. The van der Waals surface area contributed by atoms with E-state index in [-0.39, 0.29) is 18.2 Å². The largest absolute Gasteiger partial charge is 0.370 e. The number of hydrogen-bond donors (Lipinski definition) is 5. The van der Waals surface area contributed by atoms with Crippen LogP contribution < -0.4 is 21.7 Å². The van der Waals surface area contributed by atoms with E-state index in [9.17, 15) is 5.11 Å². The van der Waals surface area contributed by atoms with Crippen molar-refractivity contribution in [2.75, 3.05) is 6.67 Å². The van der Waals surface area contributed by atoms with Crippen LogP contribution in [0.5, 0.6) is 0 Å². The molecule has 6 heteroatoms. The maximum atomic E-state index is 9.34. The van der Waals surface area contributed by atoms with Crippen molar-refractivity contribution in [3.05, 3.63) is 0 Å². The molecule has 2 aliphatic rings. The van der Waals surface area contributed by atoms with Crippen LogP contribution >= 0.6 is 0 Å². The molecule has 0 spiro atoms. The fourth-order valence-electron chi connectivity index (χ4n) is 1.37. The molecule has 11 heavy (non-hydrogen) atoms. The Morgan fingerprint density at radius 1 is 1.55 bits per heavy atom. The number of nitrogens with zero attached hydrogens (tertiary/aromatic N) is 1. The lowest BCUT2D eigenvalue weighted by atomic mass is 10.2. The number of fused-ring (bicyclic) bond motifs is 1. The zero-order valence-electron chi connectivity index (χ0n) is 5.91. The minimum absolute atomic E-state index is 0.00231. The van der Waals surface area contributed by atoms with Crippen molar-refractivity contribution < 1.29 is 5.11 Å². The Bertz CT molecular complexity index is 193. The van der Waals surface area contributed by atoms with Gasteiger partial charge < -0.3 is 16.2 Å². The van der Waals surface area contributed by atoms with Crippen LogP contribution in [0.1, 0.15) is 0 Å². The van der Waals surface area contributed by atoms with Gasteiger partial charge in [0.25, 0.3) is 0 Å². The Morgan fingerprint density at radius 2 is 2.36 bits per heavy atom. The van der Waals surface area contributed by atoms with Gasteiger partial charge in [0, 0.05) is 6.67 Å². The highest BCUT2D eigenvalue weighted by Gasteiger charge is 2.35. The molecule has 0 amide bonds. The van der Waals surface area contributed by atoms with Gasteiger partial charge in [-0.05, 0) is 0 Å². The number of nitrogens with one attached hydrogen (secondary N) is 3. The standard InChI is InChI=1S/C5H11N5O/c6-5-9-3-2(4(11)10-5)7-1-8-3/h2-4,7-8,11H,1H2,(H3,6,9,10). The molecule has 2 aliphatic heterocycles. The number of aliphatic hydroxyl groups excluding tert-OH is 1. The third-order valence-corrected chi connectivity index (χ3v) is 1.91. The lowest BCUT2D eigenvalue weighted by Crippen LogP contribution is -2.59. The minimum Gasteiger partial charge on any atom is -0.370 e. The lowest BCUT2D eigenvalue weighted by molar-refractivity contribution is 0.125. The van der Waals surface area contributed by atoms with Crippen LogP contribution in [0.25, 0.3) is 0 Å². The highest BCUT2D eigenvalue weighted by molar-refractivity contribution is 5.79. The van der Waals surface area contributed by atoms with Gasteiger partial charge in [-0.1, -0.05) is 0 Å². The molecule has 3 atom stereocenters. The third-order valence-electron chi connectivity index (χ3n) is 1.91. The number of nitrogens with two attached hydrogens (primary N) is 1. The molecular weight excluding hydrogens is 146 g/mol. The Morgan fingerprint density at radius 3 is 3.18 bits per heavy atom. The second-order valence-corrected chi connectivity index (χ2v) is 2.66. The molecule has 0 saturated carbocycles. The van der Waals surface area contributed by atoms with E-state index in [1.54, 1.807) is 0 Å². The molecule has 2 heterocycles. The van der Waals surface area contributed by atoms with Crippen LogP contribution in [-0.2, 0) is 0 Å². The molecule has 62 valence electrons. The first-order valence-electron chi connectivity index (χ1n) is 3.52. The van der Waals surface area contributed by atoms with E-state index in [1.165, 1.54) is 0 Å². The van der Waals surface area contributed by atoms with E-state index in [0.717, 1.165) is 0 Å². The van der Waals surface area contributed by atoms with E-state index in [1.807, 2.05) is 0 Å². The normalized spacial score (nSPS) is 42.6.